The Kier molecular flexibility index (Phi) is 5.00. The number of rotatable bonds is 6. The van der Waals surface area contributed by atoms with E-state index in [0.29, 0.717) is 21.9 Å². The second kappa shape index (κ2) is 7.54. The molecule has 0 radical (unpaired) electrons. The van der Waals surface area contributed by atoms with Crippen LogP contribution in [0.25, 0.3) is 11.4 Å². The second-order valence-electron chi connectivity index (χ2n) is 5.00. The number of hydrogen-bond acceptors (Lipinski definition) is 5. The van der Waals surface area contributed by atoms with Gasteiger partial charge in [0.2, 0.25) is 4.77 Å². The summed E-state index contributed by atoms with van der Waals surface area (Å²) in [7, 11) is 0. The predicted octanol–water partition coefficient (Wildman–Crippen LogP) is 2.95. The van der Waals surface area contributed by atoms with Crippen molar-refractivity contribution in [2.24, 2.45) is 5.10 Å². The van der Waals surface area contributed by atoms with Crippen molar-refractivity contribution in [3.05, 3.63) is 64.9 Å². The molecule has 0 spiro atoms. The molecule has 0 bridgehead atoms. The van der Waals surface area contributed by atoms with Crippen LogP contribution >= 0.6 is 12.2 Å². The topological polar surface area (TPSA) is 92.5 Å². The lowest BCUT2D eigenvalue weighted by molar-refractivity contribution is -0.139. The maximum Gasteiger partial charge on any atom is 0.341 e. The fourth-order valence-electron chi connectivity index (χ4n) is 2.15. The molecule has 0 aliphatic carbocycles. The summed E-state index contributed by atoms with van der Waals surface area (Å²) in [6, 6.07) is 16.5. The standard InChI is InChI=1S/C17H14N4O3S/c22-15(23)11-24-14-9-5-4-8-13(14)10-18-21-16(19-20-17(21)25)12-6-2-1-3-7-12/h1-10H,11H2,(H,20,25)(H,22,23)/b18-10+. The van der Waals surface area contributed by atoms with Gasteiger partial charge in [-0.25, -0.2) is 9.89 Å². The highest BCUT2D eigenvalue weighted by Crippen LogP contribution is 2.18. The van der Waals surface area contributed by atoms with Gasteiger partial charge < -0.3 is 9.84 Å². The van der Waals surface area contributed by atoms with Crippen LogP contribution in [0.1, 0.15) is 5.56 Å². The lowest BCUT2D eigenvalue weighted by Crippen LogP contribution is -2.10. The maximum absolute atomic E-state index is 10.7. The highest BCUT2D eigenvalue weighted by molar-refractivity contribution is 7.71. The number of nitrogens with one attached hydrogen (secondary N) is 1. The second-order valence-corrected chi connectivity index (χ2v) is 5.38. The molecule has 1 aromatic heterocycles. The predicted molar refractivity (Wildman–Crippen MR) is 95.4 cm³/mol. The van der Waals surface area contributed by atoms with Gasteiger partial charge in [-0.2, -0.15) is 14.9 Å². The fraction of sp³-hybridized carbons (Fsp3) is 0.0588. The first-order valence-electron chi connectivity index (χ1n) is 7.36. The van der Waals surface area contributed by atoms with Crippen molar-refractivity contribution in [2.45, 2.75) is 0 Å². The van der Waals surface area contributed by atoms with Gasteiger partial charge in [-0.1, -0.05) is 42.5 Å². The molecule has 126 valence electrons. The van der Waals surface area contributed by atoms with E-state index in [0.717, 1.165) is 5.56 Å². The molecule has 0 atom stereocenters. The molecule has 0 amide bonds. The lowest BCUT2D eigenvalue weighted by Gasteiger charge is -2.06. The molecule has 7 nitrogen and oxygen atoms in total. The van der Waals surface area contributed by atoms with E-state index in [1.54, 1.807) is 24.4 Å². The zero-order valence-electron chi connectivity index (χ0n) is 13.0. The van der Waals surface area contributed by atoms with Crippen LogP contribution in [0.15, 0.2) is 59.7 Å². The number of aromatic amines is 1. The Bertz CT molecular complexity index is 963. The molecule has 3 rings (SSSR count). The SMILES string of the molecule is O=C(O)COc1ccccc1/C=N/n1c(-c2ccccc2)n[nH]c1=S. The first-order valence-corrected chi connectivity index (χ1v) is 7.77. The van der Waals surface area contributed by atoms with Crippen LogP contribution in [0.4, 0.5) is 0 Å². The summed E-state index contributed by atoms with van der Waals surface area (Å²) in [5.41, 5.74) is 1.49. The number of para-hydroxylation sites is 1. The summed E-state index contributed by atoms with van der Waals surface area (Å²) in [5, 5.41) is 20.0. The van der Waals surface area contributed by atoms with Crippen molar-refractivity contribution in [3.8, 4) is 17.1 Å². The van der Waals surface area contributed by atoms with Gasteiger partial charge in [0.25, 0.3) is 0 Å². The number of hydrogen-bond donors (Lipinski definition) is 2. The van der Waals surface area contributed by atoms with E-state index in [4.69, 9.17) is 22.1 Å². The summed E-state index contributed by atoms with van der Waals surface area (Å²) < 4.78 is 7.11. The number of aliphatic carboxylic acids is 1. The smallest absolute Gasteiger partial charge is 0.341 e. The highest BCUT2D eigenvalue weighted by Gasteiger charge is 2.08. The number of carbonyl (C=O) groups is 1. The molecule has 8 heteroatoms. The highest BCUT2D eigenvalue weighted by atomic mass is 32.1. The fourth-order valence-corrected chi connectivity index (χ4v) is 2.33. The summed E-state index contributed by atoms with van der Waals surface area (Å²) in [6.07, 6.45) is 1.55. The molecule has 0 unspecified atom stereocenters. The molecule has 0 saturated heterocycles. The first kappa shape index (κ1) is 16.6. The van der Waals surface area contributed by atoms with E-state index in [1.165, 1.54) is 4.68 Å². The quantitative estimate of drug-likeness (QED) is 0.524. The number of nitrogens with zero attached hydrogens (tertiary/aromatic N) is 3. The van der Waals surface area contributed by atoms with Crippen LogP contribution in [-0.4, -0.2) is 38.8 Å². The number of ether oxygens (including phenoxy) is 1. The maximum atomic E-state index is 10.7. The third-order valence-corrected chi connectivity index (χ3v) is 3.53. The van der Waals surface area contributed by atoms with E-state index in [1.807, 2.05) is 36.4 Å². The summed E-state index contributed by atoms with van der Waals surface area (Å²) >= 11 is 5.23. The van der Waals surface area contributed by atoms with Crippen molar-refractivity contribution in [1.29, 1.82) is 0 Å². The normalized spacial score (nSPS) is 10.9. The summed E-state index contributed by atoms with van der Waals surface area (Å²) in [4.78, 5) is 10.7. The average Bonchev–Trinajstić information content (AvgIpc) is 3.00. The van der Waals surface area contributed by atoms with Crippen LogP contribution in [-0.2, 0) is 4.79 Å². The minimum atomic E-state index is -1.05. The van der Waals surface area contributed by atoms with Crippen molar-refractivity contribution in [1.82, 2.24) is 14.9 Å². The van der Waals surface area contributed by atoms with E-state index in [-0.39, 0.29) is 0 Å². The van der Waals surface area contributed by atoms with Gasteiger partial charge in [-0.15, -0.1) is 0 Å². The Balaban J connectivity index is 1.93. The van der Waals surface area contributed by atoms with Gasteiger partial charge in [0.05, 0.1) is 6.21 Å². The molecule has 0 saturated carbocycles. The minimum Gasteiger partial charge on any atom is -0.481 e. The van der Waals surface area contributed by atoms with E-state index in [9.17, 15) is 4.79 Å². The van der Waals surface area contributed by atoms with Crippen LogP contribution < -0.4 is 4.74 Å². The lowest BCUT2D eigenvalue weighted by atomic mass is 10.2. The molecule has 0 aliphatic heterocycles. The van der Waals surface area contributed by atoms with Crippen LogP contribution in [0.5, 0.6) is 5.75 Å². The molecule has 3 aromatic rings. The number of H-pyrrole nitrogens is 1. The molecule has 2 aromatic carbocycles. The third kappa shape index (κ3) is 3.99. The molecule has 0 aliphatic rings. The van der Waals surface area contributed by atoms with Crippen molar-refractivity contribution in [3.63, 3.8) is 0 Å². The summed E-state index contributed by atoms with van der Waals surface area (Å²) in [5.74, 6) is -0.0501. The van der Waals surface area contributed by atoms with Crippen LogP contribution in [0, 0.1) is 4.77 Å². The van der Waals surface area contributed by atoms with Gasteiger partial charge >= 0.3 is 5.97 Å². The van der Waals surface area contributed by atoms with Crippen LogP contribution in [0.2, 0.25) is 0 Å². The van der Waals surface area contributed by atoms with Crippen molar-refractivity contribution < 1.29 is 14.6 Å². The zero-order valence-corrected chi connectivity index (χ0v) is 13.8. The van der Waals surface area contributed by atoms with Gasteiger partial charge in [0.15, 0.2) is 12.4 Å². The van der Waals surface area contributed by atoms with Crippen molar-refractivity contribution >= 4 is 24.4 Å². The Labute approximate surface area is 148 Å². The van der Waals surface area contributed by atoms with Gasteiger partial charge in [0.1, 0.15) is 5.75 Å². The van der Waals surface area contributed by atoms with E-state index in [2.05, 4.69) is 15.3 Å². The first-order chi connectivity index (χ1) is 12.1. The number of aromatic nitrogens is 3. The van der Waals surface area contributed by atoms with Gasteiger partial charge in [-0.05, 0) is 24.4 Å². The van der Waals surface area contributed by atoms with E-state index < -0.39 is 12.6 Å². The molecular weight excluding hydrogens is 340 g/mol. The monoisotopic (exact) mass is 354 g/mol. The minimum absolute atomic E-state index is 0.346. The van der Waals surface area contributed by atoms with Crippen molar-refractivity contribution in [2.75, 3.05) is 6.61 Å². The Hall–Kier alpha value is -3.26. The third-order valence-electron chi connectivity index (χ3n) is 3.26. The Morgan fingerprint density at radius 3 is 2.72 bits per heavy atom. The van der Waals surface area contributed by atoms with Gasteiger partial charge in [0, 0.05) is 11.1 Å². The Morgan fingerprint density at radius 1 is 1.24 bits per heavy atom. The molecule has 25 heavy (non-hydrogen) atoms. The number of carboxylic acid groups (broad SMARTS) is 1. The number of benzene rings is 2. The molecule has 0 fully saturated rings. The molecule has 2 N–H and O–H groups in total. The van der Waals surface area contributed by atoms with Gasteiger partial charge in [-0.3, -0.25) is 0 Å². The number of carboxylic acids is 1. The van der Waals surface area contributed by atoms with Crippen LogP contribution in [0.3, 0.4) is 0 Å². The zero-order chi connectivity index (χ0) is 17.6. The Morgan fingerprint density at radius 2 is 1.96 bits per heavy atom. The summed E-state index contributed by atoms with van der Waals surface area (Å²) in [6.45, 7) is -0.425. The largest absolute Gasteiger partial charge is 0.481 e. The molecule has 1 heterocycles. The average molecular weight is 354 g/mol. The molecular formula is C17H14N4O3S. The van der Waals surface area contributed by atoms with E-state index >= 15 is 0 Å².